The number of carbonyl (C=O) groups is 1. The molecule has 0 fully saturated rings. The van der Waals surface area contributed by atoms with Gasteiger partial charge in [-0.25, -0.2) is 5.43 Å². The number of ether oxygens (including phenoxy) is 3. The van der Waals surface area contributed by atoms with E-state index in [0.717, 1.165) is 32.2 Å². The Bertz CT molecular complexity index is 1110. The molecule has 1 N–H and O–H groups in total. The van der Waals surface area contributed by atoms with Crippen molar-refractivity contribution in [2.75, 3.05) is 13.2 Å². The quantitative estimate of drug-likeness (QED) is 0.199. The van der Waals surface area contributed by atoms with Gasteiger partial charge in [-0.3, -0.25) is 4.79 Å². The highest BCUT2D eigenvalue weighted by molar-refractivity contribution is 9.11. The standard InChI is InChI=1S/C26H26Br2N2O4/c1-3-12-33-25-21(27)13-19(14-22(25)28)16-29-30-26(31)20-10-11-23(24(15-20)32-4-2)34-17-18-8-6-5-7-9-18/h5-11,13-16H,3-4,12,17H2,1-2H3,(H,30,31)/b29-16+. The molecule has 6 nitrogen and oxygen atoms in total. The Hall–Kier alpha value is -2.84. The van der Waals surface area contributed by atoms with Crippen LogP contribution in [0.4, 0.5) is 0 Å². The van der Waals surface area contributed by atoms with Crippen molar-refractivity contribution < 1.29 is 19.0 Å². The maximum absolute atomic E-state index is 12.6. The van der Waals surface area contributed by atoms with Crippen LogP contribution < -0.4 is 19.6 Å². The van der Waals surface area contributed by atoms with E-state index in [2.05, 4.69) is 42.4 Å². The Morgan fingerprint density at radius 2 is 1.68 bits per heavy atom. The first-order valence-corrected chi connectivity index (χ1v) is 12.5. The number of carbonyl (C=O) groups excluding carboxylic acids is 1. The van der Waals surface area contributed by atoms with Crippen LogP contribution in [0.15, 0.2) is 74.7 Å². The van der Waals surface area contributed by atoms with E-state index in [9.17, 15) is 4.79 Å². The van der Waals surface area contributed by atoms with Crippen molar-refractivity contribution in [3.63, 3.8) is 0 Å². The van der Waals surface area contributed by atoms with Gasteiger partial charge in [-0.15, -0.1) is 0 Å². The first-order valence-electron chi connectivity index (χ1n) is 10.9. The number of amides is 1. The molecule has 0 saturated carbocycles. The zero-order valence-electron chi connectivity index (χ0n) is 19.0. The van der Waals surface area contributed by atoms with Crippen molar-refractivity contribution in [1.29, 1.82) is 0 Å². The number of nitrogens with zero attached hydrogens (tertiary/aromatic N) is 1. The molecule has 0 atom stereocenters. The zero-order chi connectivity index (χ0) is 24.3. The predicted molar refractivity (Wildman–Crippen MR) is 141 cm³/mol. The second-order valence-electron chi connectivity index (χ2n) is 7.23. The molecule has 34 heavy (non-hydrogen) atoms. The molecule has 0 saturated heterocycles. The third-order valence-corrected chi connectivity index (χ3v) is 5.77. The van der Waals surface area contributed by atoms with Crippen LogP contribution in [0, 0.1) is 0 Å². The maximum atomic E-state index is 12.6. The van der Waals surface area contributed by atoms with Crippen LogP contribution in [0.1, 0.15) is 41.8 Å². The fourth-order valence-corrected chi connectivity index (χ4v) is 4.45. The van der Waals surface area contributed by atoms with E-state index < -0.39 is 0 Å². The average molecular weight is 590 g/mol. The lowest BCUT2D eigenvalue weighted by Crippen LogP contribution is -2.17. The second-order valence-corrected chi connectivity index (χ2v) is 8.94. The topological polar surface area (TPSA) is 69.2 Å². The minimum Gasteiger partial charge on any atom is -0.491 e. The summed E-state index contributed by atoms with van der Waals surface area (Å²) in [5.74, 6) is 1.46. The third-order valence-electron chi connectivity index (χ3n) is 4.59. The van der Waals surface area contributed by atoms with Gasteiger partial charge in [0.1, 0.15) is 12.4 Å². The molecule has 0 aliphatic rings. The van der Waals surface area contributed by atoms with Gasteiger partial charge in [0.25, 0.3) is 5.91 Å². The number of nitrogens with one attached hydrogen (secondary N) is 1. The van der Waals surface area contributed by atoms with Gasteiger partial charge in [0.05, 0.1) is 28.4 Å². The summed E-state index contributed by atoms with van der Waals surface area (Å²) < 4.78 is 18.9. The lowest BCUT2D eigenvalue weighted by Gasteiger charge is -2.13. The van der Waals surface area contributed by atoms with Crippen LogP contribution in [-0.2, 0) is 6.61 Å². The van der Waals surface area contributed by atoms with Crippen LogP contribution in [0.25, 0.3) is 0 Å². The van der Waals surface area contributed by atoms with Gasteiger partial charge < -0.3 is 14.2 Å². The average Bonchev–Trinajstić information content (AvgIpc) is 2.83. The first-order chi connectivity index (χ1) is 16.5. The number of hydrogen-bond acceptors (Lipinski definition) is 5. The van der Waals surface area contributed by atoms with Crippen LogP contribution in [0.2, 0.25) is 0 Å². The number of benzene rings is 3. The highest BCUT2D eigenvalue weighted by atomic mass is 79.9. The van der Waals surface area contributed by atoms with Crippen molar-refractivity contribution >= 4 is 44.0 Å². The maximum Gasteiger partial charge on any atom is 0.271 e. The minimum atomic E-state index is -0.354. The Balaban J connectivity index is 1.66. The molecule has 0 aliphatic heterocycles. The first kappa shape index (κ1) is 25.8. The molecule has 178 valence electrons. The molecule has 0 aromatic heterocycles. The SMILES string of the molecule is CCCOc1c(Br)cc(/C=N/NC(=O)c2ccc(OCc3ccccc3)c(OCC)c2)cc1Br. The monoisotopic (exact) mass is 588 g/mol. The molecule has 3 aromatic carbocycles. The van der Waals surface area contributed by atoms with Crippen LogP contribution >= 0.6 is 31.9 Å². The van der Waals surface area contributed by atoms with Gasteiger partial charge in [-0.2, -0.15) is 5.10 Å². The lowest BCUT2D eigenvalue weighted by atomic mass is 10.2. The van der Waals surface area contributed by atoms with Crippen LogP contribution in [0.5, 0.6) is 17.2 Å². The van der Waals surface area contributed by atoms with Crippen molar-refractivity contribution in [1.82, 2.24) is 5.43 Å². The molecular formula is C26H26Br2N2O4. The predicted octanol–water partition coefficient (Wildman–Crippen LogP) is 6.74. The van der Waals surface area contributed by atoms with Crippen molar-refractivity contribution in [2.24, 2.45) is 5.10 Å². The molecule has 1 amide bonds. The second kappa shape index (κ2) is 13.2. The largest absolute Gasteiger partial charge is 0.491 e. The summed E-state index contributed by atoms with van der Waals surface area (Å²) >= 11 is 7.03. The van der Waals surface area contributed by atoms with Crippen molar-refractivity contribution in [2.45, 2.75) is 26.9 Å². The fourth-order valence-electron chi connectivity index (χ4n) is 3.00. The number of rotatable bonds is 11. The smallest absolute Gasteiger partial charge is 0.271 e. The summed E-state index contributed by atoms with van der Waals surface area (Å²) in [7, 11) is 0. The summed E-state index contributed by atoms with van der Waals surface area (Å²) in [6, 6.07) is 18.7. The fraction of sp³-hybridized carbons (Fsp3) is 0.231. The summed E-state index contributed by atoms with van der Waals surface area (Å²) in [6.07, 6.45) is 2.48. The molecule has 0 aliphatic carbocycles. The molecular weight excluding hydrogens is 564 g/mol. The highest BCUT2D eigenvalue weighted by Crippen LogP contribution is 2.34. The lowest BCUT2D eigenvalue weighted by molar-refractivity contribution is 0.0954. The summed E-state index contributed by atoms with van der Waals surface area (Å²) in [5, 5.41) is 4.09. The number of hydrazone groups is 1. The Morgan fingerprint density at radius 3 is 2.35 bits per heavy atom. The molecule has 8 heteroatoms. The van der Waals surface area contributed by atoms with Gasteiger partial charge in [0, 0.05) is 5.56 Å². The van der Waals surface area contributed by atoms with Gasteiger partial charge in [-0.1, -0.05) is 37.3 Å². The van der Waals surface area contributed by atoms with E-state index in [1.807, 2.05) is 56.3 Å². The molecule has 0 radical (unpaired) electrons. The molecule has 3 aromatic rings. The molecule has 0 heterocycles. The molecule has 0 bridgehead atoms. The normalized spacial score (nSPS) is 10.8. The van der Waals surface area contributed by atoms with E-state index in [0.29, 0.717) is 36.9 Å². The summed E-state index contributed by atoms with van der Waals surface area (Å²) in [5.41, 5.74) is 4.81. The highest BCUT2D eigenvalue weighted by Gasteiger charge is 2.12. The van der Waals surface area contributed by atoms with E-state index in [-0.39, 0.29) is 5.91 Å². The molecule has 0 unspecified atom stereocenters. The van der Waals surface area contributed by atoms with Crippen LogP contribution in [-0.4, -0.2) is 25.3 Å². The van der Waals surface area contributed by atoms with Crippen molar-refractivity contribution in [3.8, 4) is 17.2 Å². The van der Waals surface area contributed by atoms with Gasteiger partial charge >= 0.3 is 0 Å². The van der Waals surface area contributed by atoms with Gasteiger partial charge in [-0.05, 0) is 86.7 Å². The molecule has 3 rings (SSSR count). The summed E-state index contributed by atoms with van der Waals surface area (Å²) in [6.45, 7) is 5.41. The van der Waals surface area contributed by atoms with Crippen LogP contribution in [0.3, 0.4) is 0 Å². The Kier molecular flexibility index (Phi) is 9.97. The molecule has 0 spiro atoms. The summed E-state index contributed by atoms with van der Waals surface area (Å²) in [4.78, 5) is 12.6. The Morgan fingerprint density at radius 1 is 0.941 bits per heavy atom. The van der Waals surface area contributed by atoms with Gasteiger partial charge in [0.15, 0.2) is 11.5 Å². The third kappa shape index (κ3) is 7.33. The van der Waals surface area contributed by atoms with E-state index >= 15 is 0 Å². The number of hydrogen-bond donors (Lipinski definition) is 1. The Labute approximate surface area is 216 Å². The minimum absolute atomic E-state index is 0.354. The van der Waals surface area contributed by atoms with E-state index in [4.69, 9.17) is 14.2 Å². The zero-order valence-corrected chi connectivity index (χ0v) is 22.2. The van der Waals surface area contributed by atoms with Crippen molar-refractivity contribution in [3.05, 3.63) is 86.3 Å². The van der Waals surface area contributed by atoms with E-state index in [1.165, 1.54) is 0 Å². The van der Waals surface area contributed by atoms with E-state index in [1.54, 1.807) is 24.4 Å². The van der Waals surface area contributed by atoms with Gasteiger partial charge in [0.2, 0.25) is 0 Å². The number of halogens is 2.